The third kappa shape index (κ3) is 5.59. The molecule has 2 aromatic rings. The number of anilines is 2. The molecule has 0 aliphatic carbocycles. The number of benzene rings is 2. The number of nitrogens with two attached hydrogens (primary N) is 1. The van der Waals surface area contributed by atoms with Crippen molar-refractivity contribution in [1.82, 2.24) is 0 Å². The molecule has 6 nitrogen and oxygen atoms in total. The van der Waals surface area contributed by atoms with Crippen molar-refractivity contribution >= 4 is 47.2 Å². The lowest BCUT2D eigenvalue weighted by atomic mass is 10.2. The molecule has 0 aromatic heterocycles. The second kappa shape index (κ2) is 9.59. The van der Waals surface area contributed by atoms with Gasteiger partial charge in [0.2, 0.25) is 5.91 Å². The van der Waals surface area contributed by atoms with Gasteiger partial charge in [0, 0.05) is 17.9 Å². The molecule has 0 saturated carbocycles. The first-order valence-corrected chi connectivity index (χ1v) is 8.75. The van der Waals surface area contributed by atoms with Crippen molar-refractivity contribution in [3.8, 4) is 5.75 Å². The van der Waals surface area contributed by atoms with Crippen molar-refractivity contribution in [3.05, 3.63) is 54.1 Å². The van der Waals surface area contributed by atoms with Crippen LogP contribution < -0.4 is 20.7 Å². The van der Waals surface area contributed by atoms with E-state index in [1.807, 2.05) is 56.3 Å². The molecule has 0 saturated heterocycles. The molecule has 3 rings (SSSR count). The number of carbonyl (C=O) groups is 1. The molecule has 1 heterocycles. The van der Waals surface area contributed by atoms with Crippen LogP contribution in [-0.2, 0) is 11.2 Å². The topological polar surface area (TPSA) is 80.0 Å². The molecule has 0 atom stereocenters. The summed E-state index contributed by atoms with van der Waals surface area (Å²) in [6, 6.07) is 15.4. The summed E-state index contributed by atoms with van der Waals surface area (Å²) in [6.07, 6.45) is 1.01. The van der Waals surface area contributed by atoms with Gasteiger partial charge in [0.1, 0.15) is 12.3 Å². The van der Waals surface area contributed by atoms with Gasteiger partial charge in [-0.1, -0.05) is 18.2 Å². The highest BCUT2D eigenvalue weighted by Gasteiger charge is 2.23. The Labute approximate surface area is 176 Å². The molecule has 0 radical (unpaired) electrons. The highest BCUT2D eigenvalue weighted by atomic mass is 127. The number of nitrogens with one attached hydrogen (secondary N) is 1. The van der Waals surface area contributed by atoms with Crippen LogP contribution in [0.3, 0.4) is 0 Å². The van der Waals surface area contributed by atoms with E-state index in [-0.39, 0.29) is 48.5 Å². The van der Waals surface area contributed by atoms with E-state index in [0.29, 0.717) is 6.54 Å². The van der Waals surface area contributed by atoms with E-state index in [0.717, 1.165) is 23.5 Å². The van der Waals surface area contributed by atoms with Crippen LogP contribution >= 0.6 is 24.0 Å². The Morgan fingerprint density at radius 3 is 2.63 bits per heavy atom. The number of nitrogens with zero attached hydrogens (tertiary/aromatic N) is 2. The van der Waals surface area contributed by atoms with Gasteiger partial charge in [-0.15, -0.1) is 24.0 Å². The molecule has 27 heavy (non-hydrogen) atoms. The van der Waals surface area contributed by atoms with E-state index < -0.39 is 0 Å². The van der Waals surface area contributed by atoms with Crippen LogP contribution in [0.15, 0.2) is 53.5 Å². The van der Waals surface area contributed by atoms with E-state index in [1.165, 1.54) is 5.56 Å². The number of guanidine groups is 1. The Hall–Kier alpha value is -2.29. The lowest BCUT2D eigenvalue weighted by molar-refractivity contribution is -0.117. The molecule has 2 aromatic carbocycles. The Bertz CT molecular complexity index is 806. The number of aliphatic imine (C=N–C) groups is 1. The molecule has 144 valence electrons. The van der Waals surface area contributed by atoms with Crippen molar-refractivity contribution in [2.45, 2.75) is 26.4 Å². The third-order valence-electron chi connectivity index (χ3n) is 4.07. The summed E-state index contributed by atoms with van der Waals surface area (Å²) in [6.45, 7) is 4.67. The van der Waals surface area contributed by atoms with Gasteiger partial charge < -0.3 is 20.7 Å². The second-order valence-corrected chi connectivity index (χ2v) is 6.44. The molecule has 0 unspecified atom stereocenters. The molecule has 0 spiro atoms. The van der Waals surface area contributed by atoms with Gasteiger partial charge in [-0.3, -0.25) is 4.79 Å². The van der Waals surface area contributed by atoms with Gasteiger partial charge in [0.25, 0.3) is 0 Å². The summed E-state index contributed by atoms with van der Waals surface area (Å²) < 4.78 is 5.60. The van der Waals surface area contributed by atoms with E-state index in [1.54, 1.807) is 4.90 Å². The molecular weight excluding hydrogens is 455 g/mol. The first-order valence-electron chi connectivity index (χ1n) is 8.75. The van der Waals surface area contributed by atoms with Crippen molar-refractivity contribution < 1.29 is 9.53 Å². The van der Waals surface area contributed by atoms with Crippen molar-refractivity contribution in [3.63, 3.8) is 0 Å². The number of ether oxygens (including phenoxy) is 1. The summed E-state index contributed by atoms with van der Waals surface area (Å²) in [5.41, 5.74) is 8.86. The zero-order chi connectivity index (χ0) is 18.5. The number of hydrogen-bond donors (Lipinski definition) is 2. The maximum Gasteiger partial charge on any atom is 0.248 e. The third-order valence-corrected chi connectivity index (χ3v) is 4.07. The SMILES string of the molecule is CC(C)Oc1ccc(NC(N)=NCC(=O)N2CCc3ccccc32)cc1.I. The van der Waals surface area contributed by atoms with Crippen molar-refractivity contribution in [2.75, 3.05) is 23.3 Å². The van der Waals surface area contributed by atoms with Crippen LogP contribution in [0, 0.1) is 0 Å². The molecule has 3 N–H and O–H groups in total. The molecule has 1 amide bonds. The largest absolute Gasteiger partial charge is 0.491 e. The summed E-state index contributed by atoms with van der Waals surface area (Å²) in [7, 11) is 0. The van der Waals surface area contributed by atoms with E-state index >= 15 is 0 Å². The minimum absolute atomic E-state index is 0. The number of fused-ring (bicyclic) bond motifs is 1. The van der Waals surface area contributed by atoms with Gasteiger partial charge in [-0.05, 0) is 56.2 Å². The lowest BCUT2D eigenvalue weighted by Crippen LogP contribution is -2.32. The zero-order valence-corrected chi connectivity index (χ0v) is 17.8. The number of hydrogen-bond acceptors (Lipinski definition) is 3. The maximum atomic E-state index is 12.4. The van der Waals surface area contributed by atoms with Gasteiger partial charge in [0.05, 0.1) is 6.10 Å². The second-order valence-electron chi connectivity index (χ2n) is 6.44. The Morgan fingerprint density at radius 2 is 1.93 bits per heavy atom. The Balaban J connectivity index is 0.00000261. The first kappa shape index (κ1) is 21.0. The summed E-state index contributed by atoms with van der Waals surface area (Å²) in [4.78, 5) is 18.4. The summed E-state index contributed by atoms with van der Waals surface area (Å²) in [5.74, 6) is 0.952. The molecular formula is C20H25IN4O2. The number of halogens is 1. The standard InChI is InChI=1S/C20H24N4O2.HI/c1-14(2)26-17-9-7-16(8-10-17)23-20(21)22-13-19(25)24-12-11-15-5-3-4-6-18(15)24;/h3-10,14H,11-13H2,1-2H3,(H3,21,22,23);1H. The smallest absolute Gasteiger partial charge is 0.248 e. The number of amides is 1. The predicted molar refractivity (Wildman–Crippen MR) is 120 cm³/mol. The predicted octanol–water partition coefficient (Wildman–Crippen LogP) is 3.41. The van der Waals surface area contributed by atoms with Crippen molar-refractivity contribution in [1.29, 1.82) is 0 Å². The first-order chi connectivity index (χ1) is 12.5. The molecule has 7 heteroatoms. The Kier molecular flexibility index (Phi) is 7.46. The average molecular weight is 480 g/mol. The van der Waals surface area contributed by atoms with Crippen LogP contribution in [0.5, 0.6) is 5.75 Å². The van der Waals surface area contributed by atoms with Gasteiger partial charge in [-0.25, -0.2) is 4.99 Å². The fraction of sp³-hybridized carbons (Fsp3) is 0.300. The number of para-hydroxylation sites is 1. The van der Waals surface area contributed by atoms with Crippen LogP contribution in [0.1, 0.15) is 19.4 Å². The highest BCUT2D eigenvalue weighted by Crippen LogP contribution is 2.27. The van der Waals surface area contributed by atoms with Gasteiger partial charge in [-0.2, -0.15) is 0 Å². The number of carbonyl (C=O) groups excluding carboxylic acids is 1. The Morgan fingerprint density at radius 1 is 1.22 bits per heavy atom. The van der Waals surface area contributed by atoms with Crippen LogP contribution in [-0.4, -0.2) is 31.1 Å². The van der Waals surface area contributed by atoms with E-state index in [4.69, 9.17) is 10.5 Å². The quantitative estimate of drug-likeness (QED) is 0.391. The molecule has 1 aliphatic rings. The van der Waals surface area contributed by atoms with Crippen LogP contribution in [0.25, 0.3) is 0 Å². The van der Waals surface area contributed by atoms with Gasteiger partial charge in [0.15, 0.2) is 5.96 Å². The molecule has 1 aliphatic heterocycles. The van der Waals surface area contributed by atoms with Crippen LogP contribution in [0.2, 0.25) is 0 Å². The lowest BCUT2D eigenvalue weighted by Gasteiger charge is -2.16. The fourth-order valence-electron chi connectivity index (χ4n) is 2.91. The summed E-state index contributed by atoms with van der Waals surface area (Å²) in [5, 5.41) is 2.99. The minimum atomic E-state index is -0.0552. The van der Waals surface area contributed by atoms with Gasteiger partial charge >= 0.3 is 0 Å². The highest BCUT2D eigenvalue weighted by molar-refractivity contribution is 14.0. The molecule has 0 fully saturated rings. The van der Waals surface area contributed by atoms with Crippen molar-refractivity contribution in [2.24, 2.45) is 10.7 Å². The maximum absolute atomic E-state index is 12.4. The molecule has 0 bridgehead atoms. The average Bonchev–Trinajstić information content (AvgIpc) is 3.05. The summed E-state index contributed by atoms with van der Waals surface area (Å²) >= 11 is 0. The normalized spacial score (nSPS) is 13.1. The number of rotatable bonds is 5. The van der Waals surface area contributed by atoms with Crippen LogP contribution in [0.4, 0.5) is 11.4 Å². The minimum Gasteiger partial charge on any atom is -0.491 e. The van der Waals surface area contributed by atoms with E-state index in [9.17, 15) is 4.79 Å². The zero-order valence-electron chi connectivity index (χ0n) is 15.5. The monoisotopic (exact) mass is 480 g/mol. The van der Waals surface area contributed by atoms with E-state index in [2.05, 4.69) is 16.4 Å². The fourth-order valence-corrected chi connectivity index (χ4v) is 2.91.